The molecule has 2 atom stereocenters. The zero-order valence-corrected chi connectivity index (χ0v) is 18.5. The maximum Gasteiger partial charge on any atom is 0.321 e. The van der Waals surface area contributed by atoms with Crippen LogP contribution in [-0.2, 0) is 15.1 Å². The molecule has 0 saturated heterocycles. The van der Waals surface area contributed by atoms with E-state index in [4.69, 9.17) is 27.9 Å². The molecule has 1 unspecified atom stereocenters. The van der Waals surface area contributed by atoms with Crippen LogP contribution in [0.2, 0.25) is 10.0 Å². The van der Waals surface area contributed by atoms with Crippen molar-refractivity contribution >= 4 is 34.9 Å². The maximum atomic E-state index is 14.9. The Hall–Kier alpha value is -1.86. The molecule has 1 aliphatic carbocycles. The number of ether oxygens (including phenoxy) is 1. The average Bonchev–Trinajstić information content (AvgIpc) is 2.75. The number of benzene rings is 2. The molecule has 31 heavy (non-hydrogen) atoms. The van der Waals surface area contributed by atoms with Gasteiger partial charge in [-0.15, -0.1) is 0 Å². The minimum Gasteiger partial charge on any atom is -0.480 e. The minimum absolute atomic E-state index is 0.0141. The summed E-state index contributed by atoms with van der Waals surface area (Å²) in [7, 11) is 0. The van der Waals surface area contributed by atoms with Crippen molar-refractivity contribution < 1.29 is 19.0 Å². The van der Waals surface area contributed by atoms with Crippen LogP contribution in [0.1, 0.15) is 49.1 Å². The van der Waals surface area contributed by atoms with E-state index in [0.717, 1.165) is 43.4 Å². The van der Waals surface area contributed by atoms with E-state index < -0.39 is 29.3 Å². The number of anilines is 1. The molecular weight excluding hydrogens is 442 g/mol. The second kappa shape index (κ2) is 9.33. The molecule has 166 valence electrons. The second-order valence-corrected chi connectivity index (χ2v) is 9.08. The molecular formula is C23H25Cl2FN2O3. The van der Waals surface area contributed by atoms with E-state index in [1.54, 1.807) is 12.1 Å². The van der Waals surface area contributed by atoms with Gasteiger partial charge in [-0.25, -0.2) is 4.39 Å². The number of hydrogen-bond acceptors (Lipinski definition) is 4. The molecule has 1 saturated carbocycles. The number of rotatable bonds is 2. The van der Waals surface area contributed by atoms with Crippen LogP contribution in [0.5, 0.6) is 0 Å². The van der Waals surface area contributed by atoms with Crippen molar-refractivity contribution in [1.29, 1.82) is 0 Å². The Kier molecular flexibility index (Phi) is 6.72. The highest BCUT2D eigenvalue weighted by Gasteiger charge is 2.43. The summed E-state index contributed by atoms with van der Waals surface area (Å²) in [5, 5.41) is 17.5. The highest BCUT2D eigenvalue weighted by atomic mass is 35.5. The fourth-order valence-electron chi connectivity index (χ4n) is 4.85. The molecule has 5 nitrogen and oxygen atoms in total. The molecule has 2 aromatic rings. The van der Waals surface area contributed by atoms with Gasteiger partial charge in [0.2, 0.25) is 0 Å². The van der Waals surface area contributed by atoms with Gasteiger partial charge in [-0.3, -0.25) is 10.1 Å². The average molecular weight is 467 g/mol. The number of fused-ring (bicyclic) bond motifs is 2. The van der Waals surface area contributed by atoms with Crippen molar-refractivity contribution in [2.24, 2.45) is 0 Å². The highest BCUT2D eigenvalue weighted by Crippen LogP contribution is 2.43. The van der Waals surface area contributed by atoms with E-state index in [9.17, 15) is 14.3 Å². The van der Waals surface area contributed by atoms with Crippen molar-refractivity contribution in [3.63, 3.8) is 0 Å². The Bertz CT molecular complexity index is 966. The van der Waals surface area contributed by atoms with Gasteiger partial charge in [-0.1, -0.05) is 60.7 Å². The number of halogens is 3. The number of aliphatic carboxylic acids is 1. The summed E-state index contributed by atoms with van der Waals surface area (Å²) in [6, 6.07) is 9.19. The van der Waals surface area contributed by atoms with Gasteiger partial charge in [0.15, 0.2) is 0 Å². The zero-order valence-electron chi connectivity index (χ0n) is 17.0. The predicted molar refractivity (Wildman–Crippen MR) is 119 cm³/mol. The van der Waals surface area contributed by atoms with Crippen LogP contribution in [-0.4, -0.2) is 30.5 Å². The number of hydrogen-bond donors (Lipinski definition) is 3. The first-order chi connectivity index (χ1) is 14.9. The first-order valence-electron chi connectivity index (χ1n) is 10.5. The predicted octanol–water partition coefficient (Wildman–Crippen LogP) is 5.52. The lowest BCUT2D eigenvalue weighted by Crippen LogP contribution is -2.55. The van der Waals surface area contributed by atoms with Gasteiger partial charge in [-0.2, -0.15) is 0 Å². The summed E-state index contributed by atoms with van der Waals surface area (Å²) in [5.41, 5.74) is 1.44. The summed E-state index contributed by atoms with van der Waals surface area (Å²) in [5.74, 6) is -2.42. The van der Waals surface area contributed by atoms with Crippen molar-refractivity contribution in [2.75, 3.05) is 18.7 Å². The number of carboxylic acid groups (broad SMARTS) is 1. The first-order valence-corrected chi connectivity index (χ1v) is 11.2. The molecule has 4 rings (SSSR count). The molecule has 8 heteroatoms. The van der Waals surface area contributed by atoms with Crippen molar-refractivity contribution in [2.45, 2.75) is 49.6 Å². The summed E-state index contributed by atoms with van der Waals surface area (Å²) in [6.45, 7) is 0.161. The monoisotopic (exact) mass is 466 g/mol. The van der Waals surface area contributed by atoms with E-state index >= 15 is 0 Å². The van der Waals surface area contributed by atoms with Crippen LogP contribution in [0.15, 0.2) is 36.4 Å². The summed E-state index contributed by atoms with van der Waals surface area (Å²) < 4.78 is 20.7. The lowest BCUT2D eigenvalue weighted by atomic mass is 9.74. The third-order valence-corrected chi connectivity index (χ3v) is 6.87. The number of nitrogens with one attached hydrogen (secondary N) is 2. The van der Waals surface area contributed by atoms with Crippen LogP contribution in [0, 0.1) is 5.82 Å². The van der Waals surface area contributed by atoms with Gasteiger partial charge in [0, 0.05) is 22.2 Å². The third-order valence-electron chi connectivity index (χ3n) is 6.35. The normalized spacial score (nSPS) is 23.6. The molecule has 0 radical (unpaired) electrons. The quantitative estimate of drug-likeness (QED) is 0.543. The summed E-state index contributed by atoms with van der Waals surface area (Å²) >= 11 is 12.2. The molecule has 1 heterocycles. The van der Waals surface area contributed by atoms with Gasteiger partial charge >= 0.3 is 5.97 Å². The zero-order chi connectivity index (χ0) is 22.0. The summed E-state index contributed by atoms with van der Waals surface area (Å²) in [6.07, 6.45) is 4.58. The lowest BCUT2D eigenvalue weighted by molar-refractivity contribution is -0.141. The Morgan fingerprint density at radius 1 is 1.16 bits per heavy atom. The van der Waals surface area contributed by atoms with E-state index in [2.05, 4.69) is 10.6 Å². The van der Waals surface area contributed by atoms with Crippen LogP contribution in [0.25, 0.3) is 0 Å². The topological polar surface area (TPSA) is 70.6 Å². The van der Waals surface area contributed by atoms with Crippen LogP contribution in [0.3, 0.4) is 0 Å². The molecule has 1 spiro atoms. The van der Waals surface area contributed by atoms with Gasteiger partial charge in [0.25, 0.3) is 0 Å². The Balaban J connectivity index is 1.83. The lowest BCUT2D eigenvalue weighted by Gasteiger charge is -2.44. The highest BCUT2D eigenvalue weighted by molar-refractivity contribution is 6.31. The molecule has 0 bridgehead atoms. The molecule has 0 aromatic heterocycles. The number of carboxylic acids is 1. The second-order valence-electron chi connectivity index (χ2n) is 8.23. The first kappa shape index (κ1) is 22.3. The largest absolute Gasteiger partial charge is 0.480 e. The van der Waals surface area contributed by atoms with Gasteiger partial charge in [0.1, 0.15) is 18.6 Å². The molecule has 1 aliphatic heterocycles. The van der Waals surface area contributed by atoms with E-state index in [1.807, 2.05) is 18.2 Å². The van der Waals surface area contributed by atoms with E-state index in [0.29, 0.717) is 5.02 Å². The standard InChI is InChI=1S/C23H25Cl2FN2O3/c24-14-7-8-17-19(11-14)27-13-31-12-16(15-5-4-6-18(25)20(15)26)21(22(29)30)28-23(17)9-2-1-3-10-23/h4-8,11,16,21,27-28H,1-3,9-10,12-13H2,(H,29,30)/t16?,21-/m1/s1. The molecule has 1 fully saturated rings. The number of carbonyl (C=O) groups is 1. The third kappa shape index (κ3) is 4.53. The Morgan fingerprint density at radius 2 is 1.94 bits per heavy atom. The molecule has 0 amide bonds. The van der Waals surface area contributed by atoms with Crippen molar-refractivity contribution in [3.8, 4) is 0 Å². The van der Waals surface area contributed by atoms with Gasteiger partial charge < -0.3 is 15.2 Å². The van der Waals surface area contributed by atoms with Gasteiger partial charge in [0.05, 0.1) is 11.6 Å². The van der Waals surface area contributed by atoms with Crippen LogP contribution in [0.4, 0.5) is 10.1 Å². The van der Waals surface area contributed by atoms with E-state index in [1.165, 1.54) is 6.07 Å². The smallest absolute Gasteiger partial charge is 0.321 e. The van der Waals surface area contributed by atoms with Crippen molar-refractivity contribution in [1.82, 2.24) is 5.32 Å². The fourth-order valence-corrected chi connectivity index (χ4v) is 5.20. The Morgan fingerprint density at radius 3 is 2.68 bits per heavy atom. The molecule has 2 aromatic carbocycles. The summed E-state index contributed by atoms with van der Waals surface area (Å²) in [4.78, 5) is 12.5. The van der Waals surface area contributed by atoms with Crippen molar-refractivity contribution in [3.05, 3.63) is 63.4 Å². The fraction of sp³-hybridized carbons (Fsp3) is 0.435. The van der Waals surface area contributed by atoms with Crippen LogP contribution >= 0.6 is 23.2 Å². The SMILES string of the molecule is O=C(O)[C@@H]1NC2(CCCCC2)c2ccc(Cl)cc2NCOCC1c1cccc(Cl)c1F. The molecule has 2 aliphatic rings. The van der Waals surface area contributed by atoms with Crippen LogP contribution < -0.4 is 10.6 Å². The minimum atomic E-state index is -1.06. The van der Waals surface area contributed by atoms with E-state index in [-0.39, 0.29) is 23.9 Å². The maximum absolute atomic E-state index is 14.9. The molecule has 3 N–H and O–H groups in total. The van der Waals surface area contributed by atoms with Gasteiger partial charge in [-0.05, 0) is 42.2 Å². The Labute approximate surface area is 190 Å².